The summed E-state index contributed by atoms with van der Waals surface area (Å²) in [6, 6.07) is 1.65. The van der Waals surface area contributed by atoms with E-state index >= 15 is 0 Å². The highest BCUT2D eigenvalue weighted by molar-refractivity contribution is 7.91. The molecule has 0 aromatic carbocycles. The van der Waals surface area contributed by atoms with Gasteiger partial charge in [-0.05, 0) is 6.42 Å². The van der Waals surface area contributed by atoms with Crippen LogP contribution in [0.15, 0.2) is 6.07 Å². The van der Waals surface area contributed by atoms with E-state index in [0.717, 1.165) is 0 Å². The zero-order valence-electron chi connectivity index (χ0n) is 11.3. The number of rotatable bonds is 3. The second-order valence-corrected chi connectivity index (χ2v) is 7.85. The van der Waals surface area contributed by atoms with E-state index in [4.69, 9.17) is 11.6 Å². The van der Waals surface area contributed by atoms with Crippen molar-refractivity contribution < 1.29 is 8.42 Å². The third kappa shape index (κ3) is 3.36. The van der Waals surface area contributed by atoms with Gasteiger partial charge in [-0.25, -0.2) is 18.4 Å². The van der Waals surface area contributed by atoms with Crippen LogP contribution >= 0.6 is 11.6 Å². The van der Waals surface area contributed by atoms with E-state index in [-0.39, 0.29) is 23.5 Å². The lowest BCUT2D eigenvalue weighted by molar-refractivity contribution is 0.600. The minimum atomic E-state index is -2.90. The van der Waals surface area contributed by atoms with Crippen molar-refractivity contribution in [2.45, 2.75) is 32.2 Å². The van der Waals surface area contributed by atoms with Crippen molar-refractivity contribution in [3.8, 4) is 0 Å². The maximum absolute atomic E-state index is 11.5. The van der Waals surface area contributed by atoms with Crippen LogP contribution < -0.4 is 4.90 Å². The van der Waals surface area contributed by atoms with Gasteiger partial charge in [-0.2, -0.15) is 0 Å². The molecule has 19 heavy (non-hydrogen) atoms. The highest BCUT2D eigenvalue weighted by Crippen LogP contribution is 2.24. The van der Waals surface area contributed by atoms with E-state index in [2.05, 4.69) is 9.97 Å². The molecule has 0 amide bonds. The van der Waals surface area contributed by atoms with Crippen molar-refractivity contribution in [2.75, 3.05) is 23.5 Å². The smallest absolute Gasteiger partial charge is 0.152 e. The van der Waals surface area contributed by atoms with Gasteiger partial charge in [0.25, 0.3) is 0 Å². The molecular formula is C12H18ClN3O2S. The van der Waals surface area contributed by atoms with Crippen LogP contribution in [-0.4, -0.2) is 43.0 Å². The van der Waals surface area contributed by atoms with E-state index in [9.17, 15) is 8.42 Å². The molecule has 0 spiro atoms. The molecule has 1 fully saturated rings. The number of hydrogen-bond acceptors (Lipinski definition) is 5. The van der Waals surface area contributed by atoms with Gasteiger partial charge < -0.3 is 4.90 Å². The lowest BCUT2D eigenvalue weighted by Gasteiger charge is -2.25. The Morgan fingerprint density at radius 1 is 1.42 bits per heavy atom. The Bertz CT molecular complexity index is 574. The minimum Gasteiger partial charge on any atom is -0.355 e. The molecule has 7 heteroatoms. The molecule has 106 valence electrons. The first-order valence-corrected chi connectivity index (χ1v) is 8.46. The highest BCUT2D eigenvalue weighted by Gasteiger charge is 2.31. The molecule has 1 aliphatic heterocycles. The zero-order valence-corrected chi connectivity index (χ0v) is 12.9. The molecule has 0 saturated carbocycles. The van der Waals surface area contributed by atoms with Gasteiger partial charge in [0.05, 0.1) is 11.5 Å². The van der Waals surface area contributed by atoms with Gasteiger partial charge in [-0.1, -0.05) is 25.4 Å². The van der Waals surface area contributed by atoms with Crippen LogP contribution in [0, 0.1) is 0 Å². The molecule has 1 aliphatic rings. The SMILES string of the molecule is CC(C)c1nc(Cl)cc(N(C)C2CCS(=O)(=O)C2)n1. The van der Waals surface area contributed by atoms with Crippen LogP contribution in [0.4, 0.5) is 5.82 Å². The number of aromatic nitrogens is 2. The predicted molar refractivity (Wildman–Crippen MR) is 76.6 cm³/mol. The molecule has 1 saturated heterocycles. The van der Waals surface area contributed by atoms with E-state index in [1.807, 2.05) is 25.8 Å². The van der Waals surface area contributed by atoms with Gasteiger partial charge in [0, 0.05) is 25.1 Å². The Morgan fingerprint density at radius 3 is 2.63 bits per heavy atom. The molecule has 0 N–H and O–H groups in total. The maximum Gasteiger partial charge on any atom is 0.152 e. The van der Waals surface area contributed by atoms with Crippen LogP contribution in [0.3, 0.4) is 0 Å². The van der Waals surface area contributed by atoms with Gasteiger partial charge in [0.2, 0.25) is 0 Å². The van der Waals surface area contributed by atoms with Crippen LogP contribution in [0.1, 0.15) is 32.0 Å². The monoisotopic (exact) mass is 303 g/mol. The summed E-state index contributed by atoms with van der Waals surface area (Å²) in [6.07, 6.45) is 0.636. The molecule has 1 unspecified atom stereocenters. The third-order valence-electron chi connectivity index (χ3n) is 3.33. The average molecular weight is 304 g/mol. The molecule has 1 atom stereocenters. The Morgan fingerprint density at radius 2 is 2.11 bits per heavy atom. The lowest BCUT2D eigenvalue weighted by atomic mass is 10.2. The van der Waals surface area contributed by atoms with E-state index in [0.29, 0.717) is 23.2 Å². The molecule has 0 aliphatic carbocycles. The topological polar surface area (TPSA) is 63.2 Å². The molecule has 0 bridgehead atoms. The first kappa shape index (κ1) is 14.5. The Kier molecular flexibility index (Phi) is 4.01. The normalized spacial score (nSPS) is 21.8. The van der Waals surface area contributed by atoms with Crippen molar-refractivity contribution in [1.29, 1.82) is 0 Å². The largest absolute Gasteiger partial charge is 0.355 e. The summed E-state index contributed by atoms with van der Waals surface area (Å²) >= 11 is 6.00. The predicted octanol–water partition coefficient (Wildman–Crippen LogP) is 1.88. The van der Waals surface area contributed by atoms with Gasteiger partial charge in [-0.3, -0.25) is 0 Å². The standard InChI is InChI=1S/C12H18ClN3O2S/c1-8(2)12-14-10(13)6-11(15-12)16(3)9-4-5-19(17,18)7-9/h6,8-9H,4-5,7H2,1-3H3. The quantitative estimate of drug-likeness (QED) is 0.798. The summed E-state index contributed by atoms with van der Waals surface area (Å²) in [4.78, 5) is 10.5. The second kappa shape index (κ2) is 5.25. The van der Waals surface area contributed by atoms with Crippen molar-refractivity contribution in [2.24, 2.45) is 0 Å². The molecule has 1 aromatic rings. The summed E-state index contributed by atoms with van der Waals surface area (Å²) in [5.41, 5.74) is 0. The number of sulfone groups is 1. The fourth-order valence-corrected chi connectivity index (χ4v) is 4.09. The van der Waals surface area contributed by atoms with Crippen LogP contribution in [-0.2, 0) is 9.84 Å². The summed E-state index contributed by atoms with van der Waals surface area (Å²) in [7, 11) is -1.05. The lowest BCUT2D eigenvalue weighted by Crippen LogP contribution is -2.33. The summed E-state index contributed by atoms with van der Waals surface area (Å²) in [5, 5.41) is 0.390. The second-order valence-electron chi connectivity index (χ2n) is 5.23. The molecule has 5 nitrogen and oxygen atoms in total. The molecule has 0 radical (unpaired) electrons. The van der Waals surface area contributed by atoms with Crippen molar-refractivity contribution in [3.05, 3.63) is 17.0 Å². The van der Waals surface area contributed by atoms with Gasteiger partial charge in [-0.15, -0.1) is 0 Å². The zero-order chi connectivity index (χ0) is 14.2. The Balaban J connectivity index is 2.26. The fourth-order valence-electron chi connectivity index (χ4n) is 2.13. The van der Waals surface area contributed by atoms with Crippen LogP contribution in [0.25, 0.3) is 0 Å². The average Bonchev–Trinajstić information content (AvgIpc) is 2.68. The van der Waals surface area contributed by atoms with Gasteiger partial charge in [0.15, 0.2) is 9.84 Å². The van der Waals surface area contributed by atoms with E-state index < -0.39 is 9.84 Å². The van der Waals surface area contributed by atoms with Gasteiger partial charge in [0.1, 0.15) is 16.8 Å². The molecule has 1 aromatic heterocycles. The summed E-state index contributed by atoms with van der Waals surface area (Å²) in [5.74, 6) is 1.97. The molecule has 2 heterocycles. The van der Waals surface area contributed by atoms with Crippen molar-refractivity contribution in [3.63, 3.8) is 0 Å². The maximum atomic E-state index is 11.5. The van der Waals surface area contributed by atoms with E-state index in [1.165, 1.54) is 0 Å². The Hall–Kier alpha value is -0.880. The summed E-state index contributed by atoms with van der Waals surface area (Å²) < 4.78 is 23.1. The minimum absolute atomic E-state index is 0.0315. The third-order valence-corrected chi connectivity index (χ3v) is 5.28. The molecular weight excluding hydrogens is 286 g/mol. The van der Waals surface area contributed by atoms with Crippen molar-refractivity contribution in [1.82, 2.24) is 9.97 Å². The Labute approximate surface area is 118 Å². The number of hydrogen-bond donors (Lipinski definition) is 0. The number of anilines is 1. The first-order chi connectivity index (χ1) is 8.78. The fraction of sp³-hybridized carbons (Fsp3) is 0.667. The van der Waals surface area contributed by atoms with Gasteiger partial charge >= 0.3 is 0 Å². The van der Waals surface area contributed by atoms with Crippen molar-refractivity contribution >= 4 is 27.3 Å². The van der Waals surface area contributed by atoms with Crippen LogP contribution in [0.5, 0.6) is 0 Å². The number of nitrogens with zero attached hydrogens (tertiary/aromatic N) is 3. The highest BCUT2D eigenvalue weighted by atomic mass is 35.5. The summed E-state index contributed by atoms with van der Waals surface area (Å²) in [6.45, 7) is 3.99. The first-order valence-electron chi connectivity index (χ1n) is 6.26. The van der Waals surface area contributed by atoms with E-state index in [1.54, 1.807) is 6.07 Å². The molecule has 2 rings (SSSR count). The van der Waals surface area contributed by atoms with Crippen LogP contribution in [0.2, 0.25) is 5.15 Å². The number of halogens is 1.